The number of ether oxygens (including phenoxy) is 3. The molecule has 138 valence electrons. The van der Waals surface area contributed by atoms with Gasteiger partial charge in [-0.1, -0.05) is 42.5 Å². The van der Waals surface area contributed by atoms with Gasteiger partial charge in [0, 0.05) is 0 Å². The largest absolute Gasteiger partial charge is 0.459 e. The maximum Gasteiger partial charge on any atom is 0.338 e. The molecule has 0 unspecified atom stereocenters. The number of benzene rings is 2. The standard InChI is InChI=1S/C21H18O6/c22-18-16(26-20(24)15-9-5-2-6-10-15)11-12-17-21(18,27-17)13-25-19(23)14-7-3-1-4-8-14/h1-12,16-18,22H,13H2/t16-,17+,18+,21+/m0/s1. The molecule has 1 N–H and O–H groups in total. The van der Waals surface area contributed by atoms with Gasteiger partial charge in [-0.15, -0.1) is 0 Å². The summed E-state index contributed by atoms with van der Waals surface area (Å²) in [5, 5.41) is 10.7. The summed E-state index contributed by atoms with van der Waals surface area (Å²) >= 11 is 0. The van der Waals surface area contributed by atoms with E-state index in [4.69, 9.17) is 14.2 Å². The van der Waals surface area contributed by atoms with E-state index in [-0.39, 0.29) is 12.7 Å². The first-order chi connectivity index (χ1) is 13.1. The summed E-state index contributed by atoms with van der Waals surface area (Å²) in [7, 11) is 0. The quantitative estimate of drug-likeness (QED) is 0.496. The van der Waals surface area contributed by atoms with E-state index in [0.29, 0.717) is 11.1 Å². The van der Waals surface area contributed by atoms with Crippen LogP contribution in [0.25, 0.3) is 0 Å². The maximum atomic E-state index is 12.2. The van der Waals surface area contributed by atoms with E-state index in [0.717, 1.165) is 0 Å². The minimum Gasteiger partial charge on any atom is -0.459 e. The molecule has 0 spiro atoms. The molecule has 27 heavy (non-hydrogen) atoms. The second-order valence-electron chi connectivity index (χ2n) is 6.50. The van der Waals surface area contributed by atoms with Crippen molar-refractivity contribution in [1.82, 2.24) is 0 Å². The first kappa shape index (κ1) is 17.5. The summed E-state index contributed by atoms with van der Waals surface area (Å²) in [5.41, 5.74) is -0.277. The zero-order valence-electron chi connectivity index (χ0n) is 14.4. The molecule has 4 rings (SSSR count). The van der Waals surface area contributed by atoms with Crippen LogP contribution in [0.3, 0.4) is 0 Å². The normalized spacial score (nSPS) is 28.1. The molecule has 1 heterocycles. The molecule has 0 radical (unpaired) electrons. The highest BCUT2D eigenvalue weighted by molar-refractivity contribution is 5.90. The molecule has 1 saturated heterocycles. The van der Waals surface area contributed by atoms with Crippen molar-refractivity contribution in [3.05, 3.63) is 83.9 Å². The van der Waals surface area contributed by atoms with Crippen LogP contribution in [0.1, 0.15) is 20.7 Å². The van der Waals surface area contributed by atoms with Gasteiger partial charge in [-0.2, -0.15) is 0 Å². The molecule has 6 nitrogen and oxygen atoms in total. The average Bonchev–Trinajstić information content (AvgIpc) is 3.45. The lowest BCUT2D eigenvalue weighted by Gasteiger charge is -2.28. The number of aliphatic hydroxyl groups is 1. The summed E-state index contributed by atoms with van der Waals surface area (Å²) < 4.78 is 16.3. The fourth-order valence-corrected chi connectivity index (χ4v) is 3.14. The summed E-state index contributed by atoms with van der Waals surface area (Å²) in [4.78, 5) is 24.4. The smallest absolute Gasteiger partial charge is 0.338 e. The second-order valence-corrected chi connectivity index (χ2v) is 6.50. The van der Waals surface area contributed by atoms with Gasteiger partial charge < -0.3 is 19.3 Å². The Morgan fingerprint density at radius 2 is 1.52 bits per heavy atom. The van der Waals surface area contributed by atoms with E-state index in [1.807, 2.05) is 0 Å². The fraction of sp³-hybridized carbons (Fsp3) is 0.238. The molecular weight excluding hydrogens is 348 g/mol. The highest BCUT2D eigenvalue weighted by Gasteiger charge is 2.65. The van der Waals surface area contributed by atoms with Crippen LogP contribution in [0.5, 0.6) is 0 Å². The van der Waals surface area contributed by atoms with Crippen LogP contribution in [0.4, 0.5) is 0 Å². The Labute approximate surface area is 156 Å². The van der Waals surface area contributed by atoms with Gasteiger partial charge in [-0.25, -0.2) is 9.59 Å². The van der Waals surface area contributed by atoms with Crippen LogP contribution < -0.4 is 0 Å². The SMILES string of the molecule is O=C(OC[C@@]12O[C@@H]1C=C[C@H](OC(=O)c1ccccc1)[C@H]2O)c1ccccc1. The van der Waals surface area contributed by atoms with E-state index >= 15 is 0 Å². The number of epoxide rings is 1. The van der Waals surface area contributed by atoms with Gasteiger partial charge in [0.1, 0.15) is 24.9 Å². The highest BCUT2D eigenvalue weighted by Crippen LogP contribution is 2.46. The Hall–Kier alpha value is -2.96. The number of carbonyl (C=O) groups is 2. The van der Waals surface area contributed by atoms with Gasteiger partial charge in [0.2, 0.25) is 0 Å². The first-order valence-corrected chi connectivity index (χ1v) is 8.62. The van der Waals surface area contributed by atoms with Crippen molar-refractivity contribution >= 4 is 11.9 Å². The van der Waals surface area contributed by atoms with Gasteiger partial charge in [0.25, 0.3) is 0 Å². The molecule has 0 saturated carbocycles. The highest BCUT2D eigenvalue weighted by atomic mass is 16.7. The monoisotopic (exact) mass is 366 g/mol. The van der Waals surface area contributed by atoms with Crippen LogP contribution in [-0.4, -0.2) is 47.6 Å². The van der Waals surface area contributed by atoms with Gasteiger partial charge in [0.15, 0.2) is 5.60 Å². The summed E-state index contributed by atoms with van der Waals surface area (Å²) in [6.07, 6.45) is 0.922. The van der Waals surface area contributed by atoms with Crippen LogP contribution in [-0.2, 0) is 14.2 Å². The van der Waals surface area contributed by atoms with Crippen molar-refractivity contribution in [2.75, 3.05) is 6.61 Å². The van der Waals surface area contributed by atoms with Crippen LogP contribution in [0, 0.1) is 0 Å². The predicted molar refractivity (Wildman–Crippen MR) is 95.1 cm³/mol. The Balaban J connectivity index is 1.41. The van der Waals surface area contributed by atoms with Crippen molar-refractivity contribution in [1.29, 1.82) is 0 Å². The summed E-state index contributed by atoms with van der Waals surface area (Å²) in [6.45, 7) is -0.129. The molecule has 1 fully saturated rings. The topological polar surface area (TPSA) is 85.4 Å². The lowest BCUT2D eigenvalue weighted by atomic mass is 9.89. The van der Waals surface area contributed by atoms with Crippen LogP contribution >= 0.6 is 0 Å². The molecule has 2 aliphatic rings. The van der Waals surface area contributed by atoms with Crippen molar-refractivity contribution in [2.24, 2.45) is 0 Å². The molecule has 0 amide bonds. The van der Waals surface area contributed by atoms with Gasteiger partial charge in [0.05, 0.1) is 11.1 Å². The second kappa shape index (κ2) is 6.98. The Kier molecular flexibility index (Phi) is 4.51. The lowest BCUT2D eigenvalue weighted by Crippen LogP contribution is -2.48. The van der Waals surface area contributed by atoms with Crippen LogP contribution in [0.15, 0.2) is 72.8 Å². The van der Waals surface area contributed by atoms with Crippen LogP contribution in [0.2, 0.25) is 0 Å². The van der Waals surface area contributed by atoms with E-state index in [9.17, 15) is 14.7 Å². The molecule has 1 aliphatic carbocycles. The van der Waals surface area contributed by atoms with E-state index < -0.39 is 29.7 Å². The molecule has 2 aromatic carbocycles. The lowest BCUT2D eigenvalue weighted by molar-refractivity contribution is -0.0486. The molecule has 2 aromatic rings. The zero-order valence-corrected chi connectivity index (χ0v) is 14.4. The molecular formula is C21H18O6. The number of esters is 2. The third kappa shape index (κ3) is 3.37. The maximum absolute atomic E-state index is 12.2. The fourth-order valence-electron chi connectivity index (χ4n) is 3.14. The average molecular weight is 366 g/mol. The van der Waals surface area contributed by atoms with E-state index in [1.165, 1.54) is 0 Å². The third-order valence-electron chi connectivity index (χ3n) is 4.75. The molecule has 4 atom stereocenters. The van der Waals surface area contributed by atoms with Crippen molar-refractivity contribution in [3.8, 4) is 0 Å². The first-order valence-electron chi connectivity index (χ1n) is 8.62. The Morgan fingerprint density at radius 3 is 2.15 bits per heavy atom. The van der Waals surface area contributed by atoms with Crippen molar-refractivity contribution < 1.29 is 28.9 Å². The number of rotatable bonds is 5. The number of aliphatic hydroxyl groups excluding tert-OH is 1. The van der Waals surface area contributed by atoms with Crippen molar-refractivity contribution in [2.45, 2.75) is 23.9 Å². The number of carbonyl (C=O) groups excluding carboxylic acids is 2. The summed E-state index contributed by atoms with van der Waals surface area (Å²) in [5.74, 6) is -1.04. The Morgan fingerprint density at radius 1 is 0.926 bits per heavy atom. The van der Waals surface area contributed by atoms with Gasteiger partial charge in [-0.05, 0) is 30.3 Å². The molecule has 1 aliphatic heterocycles. The van der Waals surface area contributed by atoms with Gasteiger partial charge in [-0.3, -0.25) is 0 Å². The molecule has 0 bridgehead atoms. The number of fused-ring (bicyclic) bond motifs is 1. The minimum atomic E-state index is -1.14. The zero-order chi connectivity index (χ0) is 18.9. The third-order valence-corrected chi connectivity index (χ3v) is 4.75. The Bertz CT molecular complexity index is 863. The summed E-state index contributed by atoms with van der Waals surface area (Å²) in [6, 6.07) is 17.1. The van der Waals surface area contributed by atoms with E-state index in [1.54, 1.807) is 72.8 Å². The molecule has 6 heteroatoms. The predicted octanol–water partition coefficient (Wildman–Crippen LogP) is 2.14. The van der Waals surface area contributed by atoms with E-state index in [2.05, 4.69) is 0 Å². The van der Waals surface area contributed by atoms with Crippen molar-refractivity contribution in [3.63, 3.8) is 0 Å². The number of hydrogen-bond donors (Lipinski definition) is 1. The molecule has 0 aromatic heterocycles. The van der Waals surface area contributed by atoms with Gasteiger partial charge >= 0.3 is 11.9 Å². The minimum absolute atomic E-state index is 0.129. The number of hydrogen-bond acceptors (Lipinski definition) is 6.